The largest absolute Gasteiger partial charge is 0.493 e. The first-order chi connectivity index (χ1) is 9.62. The molecule has 0 radical (unpaired) electrons. The van der Waals surface area contributed by atoms with Crippen LogP contribution in [0.25, 0.3) is 0 Å². The molecule has 0 aromatic heterocycles. The Morgan fingerprint density at radius 2 is 2.15 bits per heavy atom. The van der Waals surface area contributed by atoms with Crippen LogP contribution in [0.15, 0.2) is 12.1 Å². The molecule has 0 saturated heterocycles. The molecule has 1 rings (SSSR count). The Kier molecular flexibility index (Phi) is 7.14. The van der Waals surface area contributed by atoms with E-state index >= 15 is 0 Å². The normalized spacial score (nSPS) is 10.2. The Morgan fingerprint density at radius 3 is 2.75 bits per heavy atom. The molecule has 1 amide bonds. The van der Waals surface area contributed by atoms with E-state index in [1.54, 1.807) is 19.2 Å². The molecule has 3 N–H and O–H groups in total. The van der Waals surface area contributed by atoms with E-state index in [9.17, 15) is 4.79 Å². The summed E-state index contributed by atoms with van der Waals surface area (Å²) in [7, 11) is 3.06. The van der Waals surface area contributed by atoms with Gasteiger partial charge in [-0.05, 0) is 6.07 Å². The van der Waals surface area contributed by atoms with Gasteiger partial charge in [-0.15, -0.1) is 0 Å². The summed E-state index contributed by atoms with van der Waals surface area (Å²) >= 11 is 5.94. The van der Waals surface area contributed by atoms with E-state index in [2.05, 4.69) is 5.32 Å². The van der Waals surface area contributed by atoms with Crippen molar-refractivity contribution in [3.63, 3.8) is 0 Å². The molecule has 0 heterocycles. The Balaban J connectivity index is 2.69. The van der Waals surface area contributed by atoms with E-state index in [-0.39, 0.29) is 19.1 Å². The summed E-state index contributed by atoms with van der Waals surface area (Å²) in [5, 5.41) is 3.15. The smallest absolute Gasteiger partial charge is 0.258 e. The number of ether oxygens (including phenoxy) is 3. The van der Waals surface area contributed by atoms with Crippen LogP contribution in [0, 0.1) is 0 Å². The fourth-order valence-electron chi connectivity index (χ4n) is 1.57. The summed E-state index contributed by atoms with van der Waals surface area (Å²) < 4.78 is 15.5. The number of hydrogen-bond donors (Lipinski definition) is 2. The molecule has 0 aliphatic rings. The van der Waals surface area contributed by atoms with Crippen molar-refractivity contribution in [3.05, 3.63) is 22.7 Å². The van der Waals surface area contributed by atoms with Crippen molar-refractivity contribution in [2.75, 3.05) is 34.0 Å². The summed E-state index contributed by atoms with van der Waals surface area (Å²) in [6.45, 7) is 0.983. The quantitative estimate of drug-likeness (QED) is 0.699. The third-order valence-corrected chi connectivity index (χ3v) is 2.73. The van der Waals surface area contributed by atoms with E-state index < -0.39 is 0 Å². The number of halogens is 1. The SMILES string of the molecule is COCCNC(=O)COc1c(CN)cc(Cl)cc1OC. The first-order valence-electron chi connectivity index (χ1n) is 6.07. The standard InChI is InChI=1S/C13H19ClN2O4/c1-18-4-3-16-12(17)8-20-13-9(7-15)5-10(14)6-11(13)19-2/h5-6H,3-4,7-8,15H2,1-2H3,(H,16,17). The van der Waals surface area contributed by atoms with Crippen molar-refractivity contribution < 1.29 is 19.0 Å². The minimum absolute atomic E-state index is 0.130. The molecule has 0 atom stereocenters. The highest BCUT2D eigenvalue weighted by Crippen LogP contribution is 2.34. The number of carbonyl (C=O) groups excluding carboxylic acids is 1. The fraction of sp³-hybridized carbons (Fsp3) is 0.462. The van der Waals surface area contributed by atoms with Gasteiger partial charge in [-0.2, -0.15) is 0 Å². The van der Waals surface area contributed by atoms with Crippen molar-refractivity contribution in [1.29, 1.82) is 0 Å². The molecule has 0 aliphatic heterocycles. The number of benzene rings is 1. The van der Waals surface area contributed by atoms with Crippen LogP contribution in [-0.2, 0) is 16.1 Å². The second-order valence-corrected chi connectivity index (χ2v) is 4.37. The summed E-state index contributed by atoms with van der Waals surface area (Å²) in [4.78, 5) is 11.6. The lowest BCUT2D eigenvalue weighted by Crippen LogP contribution is -2.31. The zero-order chi connectivity index (χ0) is 15.0. The molecule has 6 nitrogen and oxygen atoms in total. The van der Waals surface area contributed by atoms with Gasteiger partial charge in [0.1, 0.15) is 0 Å². The van der Waals surface area contributed by atoms with Gasteiger partial charge in [0.25, 0.3) is 5.91 Å². The highest BCUT2D eigenvalue weighted by Gasteiger charge is 2.13. The lowest BCUT2D eigenvalue weighted by molar-refractivity contribution is -0.123. The fourth-order valence-corrected chi connectivity index (χ4v) is 1.80. The Hall–Kier alpha value is -1.50. The molecule has 112 valence electrons. The maximum absolute atomic E-state index is 11.6. The van der Waals surface area contributed by atoms with Crippen molar-refractivity contribution in [2.24, 2.45) is 5.73 Å². The average Bonchev–Trinajstić information content (AvgIpc) is 2.45. The number of hydrogen-bond acceptors (Lipinski definition) is 5. The van der Waals surface area contributed by atoms with Crippen LogP contribution in [-0.4, -0.2) is 39.9 Å². The zero-order valence-electron chi connectivity index (χ0n) is 11.6. The van der Waals surface area contributed by atoms with Gasteiger partial charge in [0.05, 0.1) is 13.7 Å². The van der Waals surface area contributed by atoms with Crippen LogP contribution in [0.4, 0.5) is 0 Å². The minimum Gasteiger partial charge on any atom is -0.493 e. The highest BCUT2D eigenvalue weighted by atomic mass is 35.5. The number of rotatable bonds is 8. The molecule has 0 unspecified atom stereocenters. The van der Waals surface area contributed by atoms with Gasteiger partial charge in [0, 0.05) is 36.9 Å². The van der Waals surface area contributed by atoms with Crippen molar-refractivity contribution in [1.82, 2.24) is 5.32 Å². The molecule has 1 aromatic carbocycles. The molecule has 0 aliphatic carbocycles. The number of nitrogens with two attached hydrogens (primary N) is 1. The average molecular weight is 303 g/mol. The zero-order valence-corrected chi connectivity index (χ0v) is 12.3. The van der Waals surface area contributed by atoms with Crippen molar-refractivity contribution >= 4 is 17.5 Å². The van der Waals surface area contributed by atoms with Crippen LogP contribution >= 0.6 is 11.6 Å². The maximum Gasteiger partial charge on any atom is 0.258 e. The van der Waals surface area contributed by atoms with Gasteiger partial charge >= 0.3 is 0 Å². The Labute approximate surface area is 123 Å². The van der Waals surface area contributed by atoms with Gasteiger partial charge < -0.3 is 25.3 Å². The van der Waals surface area contributed by atoms with Crippen LogP contribution in [0.2, 0.25) is 5.02 Å². The third-order valence-electron chi connectivity index (χ3n) is 2.51. The number of methoxy groups -OCH3 is 2. The van der Waals surface area contributed by atoms with Crippen LogP contribution in [0.1, 0.15) is 5.56 Å². The van der Waals surface area contributed by atoms with E-state index in [0.29, 0.717) is 35.2 Å². The second-order valence-electron chi connectivity index (χ2n) is 3.93. The van der Waals surface area contributed by atoms with Crippen molar-refractivity contribution in [3.8, 4) is 11.5 Å². The topological polar surface area (TPSA) is 82.8 Å². The second kappa shape index (κ2) is 8.63. The lowest BCUT2D eigenvalue weighted by Gasteiger charge is -2.14. The summed E-state index contributed by atoms with van der Waals surface area (Å²) in [5.74, 6) is 0.631. The van der Waals surface area contributed by atoms with Crippen molar-refractivity contribution in [2.45, 2.75) is 6.54 Å². The predicted octanol–water partition coefficient (Wildman–Crippen LogP) is 0.949. The van der Waals surface area contributed by atoms with Crippen LogP contribution in [0.5, 0.6) is 11.5 Å². The number of amides is 1. The van der Waals surface area contributed by atoms with Crippen LogP contribution < -0.4 is 20.5 Å². The van der Waals surface area contributed by atoms with E-state index in [0.717, 1.165) is 0 Å². The molecule has 0 saturated carbocycles. The third kappa shape index (κ3) is 4.88. The summed E-state index contributed by atoms with van der Waals surface area (Å²) in [6.07, 6.45) is 0. The molecule has 20 heavy (non-hydrogen) atoms. The van der Waals surface area contributed by atoms with Gasteiger partial charge in [-0.3, -0.25) is 4.79 Å². The lowest BCUT2D eigenvalue weighted by atomic mass is 10.2. The number of nitrogens with one attached hydrogen (secondary N) is 1. The molecular weight excluding hydrogens is 284 g/mol. The van der Waals surface area contributed by atoms with Gasteiger partial charge in [0.2, 0.25) is 0 Å². The van der Waals surface area contributed by atoms with E-state index in [4.69, 9.17) is 31.5 Å². The summed E-state index contributed by atoms with van der Waals surface area (Å²) in [6, 6.07) is 3.29. The maximum atomic E-state index is 11.6. The van der Waals surface area contributed by atoms with Gasteiger partial charge in [-0.25, -0.2) is 0 Å². The highest BCUT2D eigenvalue weighted by molar-refractivity contribution is 6.30. The monoisotopic (exact) mass is 302 g/mol. The molecule has 0 spiro atoms. The molecule has 7 heteroatoms. The molecule has 0 bridgehead atoms. The van der Waals surface area contributed by atoms with E-state index in [1.165, 1.54) is 7.11 Å². The van der Waals surface area contributed by atoms with E-state index in [1.807, 2.05) is 0 Å². The Morgan fingerprint density at radius 1 is 1.40 bits per heavy atom. The minimum atomic E-state index is -0.248. The van der Waals surface area contributed by atoms with Crippen LogP contribution in [0.3, 0.4) is 0 Å². The molecular formula is C13H19ClN2O4. The summed E-state index contributed by atoms with van der Waals surface area (Å²) in [5.41, 5.74) is 6.32. The predicted molar refractivity (Wildman–Crippen MR) is 76.3 cm³/mol. The first-order valence-corrected chi connectivity index (χ1v) is 6.45. The van der Waals surface area contributed by atoms with Gasteiger partial charge in [-0.1, -0.05) is 11.6 Å². The first kappa shape index (κ1) is 16.6. The molecule has 0 fully saturated rings. The molecule has 1 aromatic rings. The number of carbonyl (C=O) groups is 1. The Bertz CT molecular complexity index is 429. The van der Waals surface area contributed by atoms with Gasteiger partial charge in [0.15, 0.2) is 18.1 Å².